The van der Waals surface area contributed by atoms with Gasteiger partial charge in [-0.2, -0.15) is 0 Å². The van der Waals surface area contributed by atoms with Crippen LogP contribution in [0.3, 0.4) is 0 Å². The molecule has 7 nitrogen and oxygen atoms in total. The van der Waals surface area contributed by atoms with Gasteiger partial charge in [0.1, 0.15) is 6.61 Å². The fourth-order valence-corrected chi connectivity index (χ4v) is 5.04. The Morgan fingerprint density at radius 2 is 1.91 bits per heavy atom. The summed E-state index contributed by atoms with van der Waals surface area (Å²) in [5.74, 6) is 1.14. The van der Waals surface area contributed by atoms with E-state index < -0.39 is 6.10 Å². The van der Waals surface area contributed by atoms with E-state index in [2.05, 4.69) is 30.9 Å². The molecule has 32 heavy (non-hydrogen) atoms. The largest absolute Gasteiger partial charge is 0.485 e. The van der Waals surface area contributed by atoms with E-state index in [-0.39, 0.29) is 12.5 Å². The zero-order valence-electron chi connectivity index (χ0n) is 18.4. The second-order valence-corrected chi connectivity index (χ2v) is 9.22. The van der Waals surface area contributed by atoms with Crippen LogP contribution in [0.25, 0.3) is 10.2 Å². The number of hydrogen-bond donors (Lipinski definition) is 0. The predicted octanol–water partition coefficient (Wildman–Crippen LogP) is 3.42. The summed E-state index contributed by atoms with van der Waals surface area (Å²) in [6, 6.07) is 11.7. The van der Waals surface area contributed by atoms with E-state index >= 15 is 0 Å². The summed E-state index contributed by atoms with van der Waals surface area (Å²) in [5.41, 5.74) is 3.34. The highest BCUT2D eigenvalue weighted by molar-refractivity contribution is 7.22. The number of ether oxygens (including phenoxy) is 3. The van der Waals surface area contributed by atoms with Crippen molar-refractivity contribution in [2.24, 2.45) is 0 Å². The molecule has 0 bridgehead atoms. The minimum absolute atomic E-state index is 0.125. The molecular weight excluding hydrogens is 426 g/mol. The first-order valence-corrected chi connectivity index (χ1v) is 11.8. The molecule has 5 rings (SSSR count). The molecule has 0 unspecified atom stereocenters. The fourth-order valence-electron chi connectivity index (χ4n) is 3.96. The molecule has 1 saturated heterocycles. The van der Waals surface area contributed by atoms with Crippen LogP contribution >= 0.6 is 11.3 Å². The van der Waals surface area contributed by atoms with Gasteiger partial charge in [0.15, 0.2) is 16.6 Å². The van der Waals surface area contributed by atoms with E-state index in [1.54, 1.807) is 16.2 Å². The molecular formula is C24H27N3O4S. The van der Waals surface area contributed by atoms with Crippen molar-refractivity contribution >= 4 is 32.6 Å². The third kappa shape index (κ3) is 4.30. The quantitative estimate of drug-likeness (QED) is 0.590. The first-order valence-electron chi connectivity index (χ1n) is 11.0. The molecule has 1 atom stereocenters. The Morgan fingerprint density at radius 3 is 2.72 bits per heavy atom. The lowest BCUT2D eigenvalue weighted by Crippen LogP contribution is -2.49. The fraction of sp³-hybridized carbons (Fsp3) is 0.417. The number of fused-ring (bicyclic) bond motifs is 2. The number of anilines is 1. The molecule has 2 aliphatic heterocycles. The molecule has 2 aliphatic rings. The van der Waals surface area contributed by atoms with Gasteiger partial charge in [-0.25, -0.2) is 4.98 Å². The van der Waals surface area contributed by atoms with Gasteiger partial charge in [0.25, 0.3) is 5.91 Å². The predicted molar refractivity (Wildman–Crippen MR) is 125 cm³/mol. The lowest BCUT2D eigenvalue weighted by atomic mass is 10.1. The van der Waals surface area contributed by atoms with Crippen LogP contribution in [0, 0.1) is 13.8 Å². The molecule has 1 fully saturated rings. The standard InChI is InChI=1S/C24H27N3O4S/c1-16-13-18-22(14-17(16)2)32-24(25-18)27(8-7-26-9-11-29-12-10-26)23(28)21-15-30-19-5-3-4-6-20(19)31-21/h3-6,13-14,21H,7-12,15H2,1-2H3/t21-/m0/s1. The summed E-state index contributed by atoms with van der Waals surface area (Å²) >= 11 is 1.55. The number of hydrogen-bond acceptors (Lipinski definition) is 7. The number of thiazole rings is 1. The molecule has 1 aromatic heterocycles. The lowest BCUT2D eigenvalue weighted by Gasteiger charge is -2.32. The first-order chi connectivity index (χ1) is 15.6. The molecule has 8 heteroatoms. The van der Waals surface area contributed by atoms with Crippen LogP contribution in [0.5, 0.6) is 11.5 Å². The monoisotopic (exact) mass is 453 g/mol. The van der Waals surface area contributed by atoms with Gasteiger partial charge in [0.2, 0.25) is 6.10 Å². The highest BCUT2D eigenvalue weighted by Gasteiger charge is 2.33. The van der Waals surface area contributed by atoms with Gasteiger partial charge >= 0.3 is 0 Å². The zero-order chi connectivity index (χ0) is 22.1. The minimum Gasteiger partial charge on any atom is -0.485 e. The normalized spacial score (nSPS) is 18.6. The van der Waals surface area contributed by atoms with Crippen LogP contribution in [0.4, 0.5) is 5.13 Å². The SMILES string of the molecule is Cc1cc2nc(N(CCN3CCOCC3)C(=O)[C@@H]3COc4ccccc4O3)sc2cc1C. The molecule has 2 aromatic carbocycles. The Kier molecular flexibility index (Phi) is 5.99. The number of nitrogens with zero attached hydrogens (tertiary/aromatic N) is 3. The Bertz CT molecular complexity index is 1090. The number of para-hydroxylation sites is 2. The molecule has 0 saturated carbocycles. The van der Waals surface area contributed by atoms with Crippen LogP contribution in [-0.2, 0) is 9.53 Å². The third-order valence-corrected chi connectivity index (χ3v) is 7.06. The van der Waals surface area contributed by atoms with Gasteiger partial charge in [0.05, 0.1) is 23.4 Å². The summed E-state index contributed by atoms with van der Waals surface area (Å²) in [5, 5.41) is 0.700. The Balaban J connectivity index is 1.42. The molecule has 168 valence electrons. The van der Waals surface area contributed by atoms with Crippen molar-refractivity contribution in [3.05, 3.63) is 47.5 Å². The van der Waals surface area contributed by atoms with Crippen LogP contribution < -0.4 is 14.4 Å². The highest BCUT2D eigenvalue weighted by Crippen LogP contribution is 2.34. The lowest BCUT2D eigenvalue weighted by molar-refractivity contribution is -0.127. The second-order valence-electron chi connectivity index (χ2n) is 8.21. The van der Waals surface area contributed by atoms with Gasteiger partial charge in [-0.1, -0.05) is 23.5 Å². The van der Waals surface area contributed by atoms with E-state index in [1.807, 2.05) is 24.3 Å². The highest BCUT2D eigenvalue weighted by atomic mass is 32.1. The average molecular weight is 454 g/mol. The molecule has 3 aromatic rings. The maximum Gasteiger partial charge on any atom is 0.273 e. The van der Waals surface area contributed by atoms with Crippen molar-refractivity contribution in [1.29, 1.82) is 0 Å². The number of morpholine rings is 1. The van der Waals surface area contributed by atoms with Crippen molar-refractivity contribution in [2.75, 3.05) is 50.9 Å². The Morgan fingerprint density at radius 1 is 1.16 bits per heavy atom. The summed E-state index contributed by atoms with van der Waals surface area (Å²) in [7, 11) is 0. The van der Waals surface area contributed by atoms with E-state index in [0.717, 1.165) is 43.1 Å². The van der Waals surface area contributed by atoms with E-state index in [1.165, 1.54) is 11.1 Å². The first kappa shape index (κ1) is 21.2. The van der Waals surface area contributed by atoms with Gasteiger partial charge in [0, 0.05) is 26.2 Å². The van der Waals surface area contributed by atoms with Crippen molar-refractivity contribution < 1.29 is 19.0 Å². The van der Waals surface area contributed by atoms with Crippen molar-refractivity contribution in [3.63, 3.8) is 0 Å². The molecule has 1 amide bonds. The van der Waals surface area contributed by atoms with E-state index in [9.17, 15) is 4.79 Å². The topological polar surface area (TPSA) is 64.1 Å². The van der Waals surface area contributed by atoms with Crippen LogP contribution in [0.1, 0.15) is 11.1 Å². The van der Waals surface area contributed by atoms with E-state index in [4.69, 9.17) is 19.2 Å². The van der Waals surface area contributed by atoms with Crippen LogP contribution in [-0.4, -0.2) is 67.9 Å². The van der Waals surface area contributed by atoms with Crippen LogP contribution in [0.15, 0.2) is 36.4 Å². The summed E-state index contributed by atoms with van der Waals surface area (Å²) < 4.78 is 18.4. The number of rotatable bonds is 5. The summed E-state index contributed by atoms with van der Waals surface area (Å²) in [4.78, 5) is 22.5. The minimum atomic E-state index is -0.704. The summed E-state index contributed by atoms with van der Waals surface area (Å²) in [6.07, 6.45) is -0.704. The Hall–Kier alpha value is -2.68. The third-order valence-electron chi connectivity index (χ3n) is 6.02. The molecule has 0 N–H and O–H groups in total. The smallest absolute Gasteiger partial charge is 0.273 e. The van der Waals surface area contributed by atoms with Gasteiger partial charge < -0.3 is 14.2 Å². The molecule has 0 radical (unpaired) electrons. The molecule has 0 spiro atoms. The zero-order valence-corrected chi connectivity index (χ0v) is 19.2. The number of carbonyl (C=O) groups is 1. The number of aryl methyl sites for hydroxylation is 2. The van der Waals surface area contributed by atoms with Crippen LogP contribution in [0.2, 0.25) is 0 Å². The number of amides is 1. The molecule has 3 heterocycles. The second kappa shape index (κ2) is 9.05. The van der Waals surface area contributed by atoms with Crippen molar-refractivity contribution in [3.8, 4) is 11.5 Å². The van der Waals surface area contributed by atoms with Gasteiger partial charge in [-0.15, -0.1) is 0 Å². The maximum atomic E-state index is 13.6. The number of carbonyl (C=O) groups excluding carboxylic acids is 1. The van der Waals surface area contributed by atoms with Gasteiger partial charge in [-0.05, 0) is 49.2 Å². The summed E-state index contributed by atoms with van der Waals surface area (Å²) in [6.45, 7) is 8.86. The number of aromatic nitrogens is 1. The van der Waals surface area contributed by atoms with Crippen molar-refractivity contribution in [2.45, 2.75) is 20.0 Å². The van der Waals surface area contributed by atoms with Crippen molar-refractivity contribution in [1.82, 2.24) is 9.88 Å². The Labute approximate surface area is 191 Å². The number of benzene rings is 2. The molecule has 0 aliphatic carbocycles. The van der Waals surface area contributed by atoms with Gasteiger partial charge in [-0.3, -0.25) is 14.6 Å². The maximum absolute atomic E-state index is 13.6. The average Bonchev–Trinajstić information content (AvgIpc) is 3.22. The van der Waals surface area contributed by atoms with E-state index in [0.29, 0.717) is 23.2 Å².